The van der Waals surface area contributed by atoms with E-state index in [9.17, 15) is 19.2 Å². The van der Waals surface area contributed by atoms with Crippen LogP contribution in [0.2, 0.25) is 0 Å². The molecule has 0 aromatic rings. The van der Waals surface area contributed by atoms with Gasteiger partial charge in [0.1, 0.15) is 12.8 Å². The third-order valence-corrected chi connectivity index (χ3v) is 0.605. The van der Waals surface area contributed by atoms with Gasteiger partial charge in [0.25, 0.3) is 0 Å². The smallest absolute Gasteiger partial charge is 0.314 e. The van der Waals surface area contributed by atoms with Gasteiger partial charge in [-0.25, -0.2) is 0 Å². The molecule has 8 nitrogen and oxygen atoms in total. The van der Waals surface area contributed by atoms with Crippen LogP contribution in [0, 0.1) is 0 Å². The minimum Gasteiger partial charge on any atom is -0.481 e. The third-order valence-electron chi connectivity index (χ3n) is 0.605. The van der Waals surface area contributed by atoms with Gasteiger partial charge >= 0.3 is 23.9 Å². The van der Waals surface area contributed by atoms with Crippen LogP contribution >= 0.6 is 0 Å². The molecule has 0 saturated heterocycles. The average Bonchev–Trinajstić information content (AvgIpc) is 1.79. The van der Waals surface area contributed by atoms with E-state index in [2.05, 4.69) is 0 Å². The Morgan fingerprint density at radius 3 is 0.688 bits per heavy atom. The van der Waals surface area contributed by atoms with Gasteiger partial charge in [-0.2, -0.15) is 0 Å². The van der Waals surface area contributed by atoms with Gasteiger partial charge in [0.05, 0.1) is 0 Å². The molecule has 4 N–H and O–H groups in total. The van der Waals surface area contributed by atoms with Crippen LogP contribution in [0.3, 0.4) is 0 Å². The molecule has 0 unspecified atom stereocenters. The zero-order valence-electron chi connectivity index (χ0n) is 7.50. The predicted octanol–water partition coefficient (Wildman–Crippen LogP) is -0.914. The van der Waals surface area contributed by atoms with Gasteiger partial charge in [0.2, 0.25) is 0 Å². The van der Waals surface area contributed by atoms with E-state index < -0.39 is 36.7 Å². The van der Waals surface area contributed by atoms with Crippen LogP contribution in [0.1, 0.15) is 12.8 Å². The molecule has 0 rings (SSSR count). The maximum absolute atomic E-state index is 9.43. The molecule has 0 saturated carbocycles. The second kappa shape index (κ2) is 13.9. The van der Waals surface area contributed by atoms with Crippen LogP contribution in [0.15, 0.2) is 0 Å². The summed E-state index contributed by atoms with van der Waals surface area (Å²) >= 11 is 0. The number of hydrogen-bond donors (Lipinski definition) is 4. The summed E-state index contributed by atoms with van der Waals surface area (Å²) in [5, 5.41) is 30.8. The van der Waals surface area contributed by atoms with Crippen molar-refractivity contribution in [3.63, 3.8) is 0 Å². The van der Waals surface area contributed by atoms with Gasteiger partial charge in [-0.1, -0.05) is 0 Å². The summed E-state index contributed by atoms with van der Waals surface area (Å²) in [7, 11) is 0. The van der Waals surface area contributed by atoms with Crippen molar-refractivity contribution in [1.82, 2.24) is 0 Å². The number of hydrogen-bond acceptors (Lipinski definition) is 4. The fourth-order valence-electron chi connectivity index (χ4n) is 0.259. The van der Waals surface area contributed by atoms with Gasteiger partial charge in [-0.05, 0) is 0 Å². The number of carbonyl (C=O) groups is 4. The Kier molecular flexibility index (Phi) is 21.0. The Balaban J connectivity index is -0.0000000800. The maximum atomic E-state index is 9.43. The largest absolute Gasteiger partial charge is 0.481 e. The molecule has 0 fully saturated rings. The summed E-state index contributed by atoms with van der Waals surface area (Å²) in [5.74, 6) is -5.25. The first kappa shape index (κ1) is 24.2. The molecule has 0 heterocycles. The molecule has 0 aliphatic heterocycles. The van der Waals surface area contributed by atoms with Gasteiger partial charge in [0.15, 0.2) is 0 Å². The zero-order chi connectivity index (χ0) is 11.7. The summed E-state index contributed by atoms with van der Waals surface area (Å²) < 4.78 is 0. The van der Waals surface area contributed by atoms with Crippen LogP contribution in [0.25, 0.3) is 0 Å². The van der Waals surface area contributed by atoms with E-state index in [-0.39, 0.29) is 33.6 Å². The molecule has 0 spiro atoms. The molecule has 10 heteroatoms. The summed E-state index contributed by atoms with van der Waals surface area (Å²) in [4.78, 5) is 37.7. The fraction of sp³-hybridized carbons (Fsp3) is 0.333. The quantitative estimate of drug-likeness (QED) is 0.485. The molecule has 2 radical (unpaired) electrons. The standard InChI is InChI=1S/2C3H4O4.2Co/c2*4-2(5)1-3(6)7;;/h2*1H2,(H,4,5)(H,6,7);;. The SMILES string of the molecule is O=C(O)CC(=O)O.O=C(O)CC(=O)O.[Co].[Co]. The minimum atomic E-state index is -1.31. The molecule has 0 aromatic carbocycles. The van der Waals surface area contributed by atoms with Crippen molar-refractivity contribution in [1.29, 1.82) is 0 Å². The van der Waals surface area contributed by atoms with E-state index in [1.54, 1.807) is 0 Å². The molecule has 0 aliphatic carbocycles. The Hall–Kier alpha value is -1.11. The topological polar surface area (TPSA) is 149 Å². The van der Waals surface area contributed by atoms with Crippen LogP contribution in [0.5, 0.6) is 0 Å². The van der Waals surface area contributed by atoms with Crippen molar-refractivity contribution < 1.29 is 73.2 Å². The summed E-state index contributed by atoms with van der Waals surface area (Å²) in [5.41, 5.74) is 0. The molecule has 0 aromatic heterocycles. The first-order chi connectivity index (χ1) is 6.25. The summed E-state index contributed by atoms with van der Waals surface area (Å²) in [6, 6.07) is 0. The average molecular weight is 326 g/mol. The molecule has 0 amide bonds. The number of rotatable bonds is 4. The number of carboxylic acid groups (broad SMARTS) is 4. The predicted molar refractivity (Wildman–Crippen MR) is 39.8 cm³/mol. The first-order valence-corrected chi connectivity index (χ1v) is 3.13. The van der Waals surface area contributed by atoms with Crippen molar-refractivity contribution in [2.24, 2.45) is 0 Å². The van der Waals surface area contributed by atoms with Crippen LogP contribution in [-0.4, -0.2) is 44.3 Å². The van der Waals surface area contributed by atoms with Crippen LogP contribution < -0.4 is 0 Å². The van der Waals surface area contributed by atoms with Gasteiger partial charge < -0.3 is 20.4 Å². The normalized spacial score (nSPS) is 7.00. The minimum absolute atomic E-state index is 0. The van der Waals surface area contributed by atoms with Gasteiger partial charge in [-0.3, -0.25) is 19.2 Å². The molecule has 0 aliphatic rings. The molecular formula is C6H8Co2O8. The van der Waals surface area contributed by atoms with Crippen LogP contribution in [-0.2, 0) is 52.7 Å². The summed E-state index contributed by atoms with van der Waals surface area (Å²) in [6.45, 7) is 0. The molecule has 16 heavy (non-hydrogen) atoms. The molecule has 98 valence electrons. The van der Waals surface area contributed by atoms with Crippen LogP contribution in [0.4, 0.5) is 0 Å². The zero-order valence-corrected chi connectivity index (χ0v) is 9.58. The molecule has 0 atom stereocenters. The number of carboxylic acids is 4. The van der Waals surface area contributed by atoms with E-state index in [4.69, 9.17) is 20.4 Å². The van der Waals surface area contributed by atoms with E-state index in [1.807, 2.05) is 0 Å². The number of aliphatic carboxylic acids is 4. The molecular weight excluding hydrogens is 318 g/mol. The Morgan fingerprint density at radius 2 is 0.688 bits per heavy atom. The Bertz CT molecular complexity index is 201. The van der Waals surface area contributed by atoms with Gasteiger partial charge in [0, 0.05) is 33.6 Å². The van der Waals surface area contributed by atoms with Gasteiger partial charge in [-0.15, -0.1) is 0 Å². The second-order valence-corrected chi connectivity index (χ2v) is 1.93. The second-order valence-electron chi connectivity index (χ2n) is 1.93. The maximum Gasteiger partial charge on any atom is 0.314 e. The Labute approximate surface area is 110 Å². The van der Waals surface area contributed by atoms with Crippen molar-refractivity contribution in [2.75, 3.05) is 0 Å². The monoisotopic (exact) mass is 326 g/mol. The van der Waals surface area contributed by atoms with Crippen molar-refractivity contribution in [3.8, 4) is 0 Å². The van der Waals surface area contributed by atoms with E-state index in [0.717, 1.165) is 0 Å². The third kappa shape index (κ3) is 38.4. The van der Waals surface area contributed by atoms with E-state index >= 15 is 0 Å². The van der Waals surface area contributed by atoms with Crippen molar-refractivity contribution >= 4 is 23.9 Å². The van der Waals surface area contributed by atoms with Crippen molar-refractivity contribution in [3.05, 3.63) is 0 Å². The summed E-state index contributed by atoms with van der Waals surface area (Å²) in [6.07, 6.45) is -1.61. The van der Waals surface area contributed by atoms with E-state index in [1.165, 1.54) is 0 Å². The van der Waals surface area contributed by atoms with E-state index in [0.29, 0.717) is 0 Å². The van der Waals surface area contributed by atoms with Crippen molar-refractivity contribution in [2.45, 2.75) is 12.8 Å². The Morgan fingerprint density at radius 1 is 0.562 bits per heavy atom. The first-order valence-electron chi connectivity index (χ1n) is 3.13. The fourth-order valence-corrected chi connectivity index (χ4v) is 0.259. The molecule has 0 bridgehead atoms.